The van der Waals surface area contributed by atoms with Crippen LogP contribution in [-0.4, -0.2) is 23.9 Å². The first-order chi connectivity index (χ1) is 14.9. The largest absolute Gasteiger partial charge is 0.310 e. The first kappa shape index (κ1) is 20.5. The quantitative estimate of drug-likeness (QED) is 0.471. The number of aromatic nitrogens is 2. The van der Waals surface area contributed by atoms with E-state index in [-0.39, 0.29) is 16.5 Å². The third-order valence-electron chi connectivity index (χ3n) is 4.72. The number of amides is 1. The topological polar surface area (TPSA) is 93.1 Å². The second-order valence-electron chi connectivity index (χ2n) is 6.76. The SMILES string of the molecule is CCn1c(NC(=O)c2ccc(NS(=O)(=O)c3ccc(F)cc3)cc2)nc2ccccc21. The zero-order valence-electron chi connectivity index (χ0n) is 16.5. The molecule has 1 amide bonds. The zero-order chi connectivity index (χ0) is 22.0. The minimum Gasteiger partial charge on any atom is -0.310 e. The predicted molar refractivity (Wildman–Crippen MR) is 117 cm³/mol. The molecule has 0 radical (unpaired) electrons. The van der Waals surface area contributed by atoms with E-state index in [0.29, 0.717) is 18.1 Å². The van der Waals surface area contributed by atoms with Crippen molar-refractivity contribution in [2.75, 3.05) is 10.0 Å². The Bertz CT molecular complexity index is 1350. The lowest BCUT2D eigenvalue weighted by Crippen LogP contribution is -2.16. The number of benzene rings is 3. The Morgan fingerprint density at radius 1 is 1.00 bits per heavy atom. The van der Waals surface area contributed by atoms with Gasteiger partial charge in [-0.15, -0.1) is 0 Å². The summed E-state index contributed by atoms with van der Waals surface area (Å²) in [4.78, 5) is 17.1. The highest BCUT2D eigenvalue weighted by Crippen LogP contribution is 2.21. The Morgan fingerprint density at radius 3 is 2.35 bits per heavy atom. The van der Waals surface area contributed by atoms with Gasteiger partial charge >= 0.3 is 0 Å². The van der Waals surface area contributed by atoms with E-state index in [2.05, 4.69) is 15.0 Å². The molecular weight excluding hydrogens is 419 g/mol. The summed E-state index contributed by atoms with van der Waals surface area (Å²) >= 11 is 0. The summed E-state index contributed by atoms with van der Waals surface area (Å²) in [7, 11) is -3.87. The molecule has 0 saturated heterocycles. The van der Waals surface area contributed by atoms with Crippen LogP contribution in [0.2, 0.25) is 0 Å². The minimum atomic E-state index is -3.87. The summed E-state index contributed by atoms with van der Waals surface area (Å²) in [5.41, 5.74) is 2.33. The number of rotatable bonds is 6. The van der Waals surface area contributed by atoms with Gasteiger partial charge in [0, 0.05) is 17.8 Å². The van der Waals surface area contributed by atoms with Crippen LogP contribution in [0.4, 0.5) is 16.0 Å². The first-order valence-corrected chi connectivity index (χ1v) is 11.0. The van der Waals surface area contributed by atoms with Crippen molar-refractivity contribution in [3.63, 3.8) is 0 Å². The van der Waals surface area contributed by atoms with Crippen molar-refractivity contribution < 1.29 is 17.6 Å². The number of fused-ring (bicyclic) bond motifs is 1. The summed E-state index contributed by atoms with van der Waals surface area (Å²) in [6, 6.07) is 18.1. The lowest BCUT2D eigenvalue weighted by atomic mass is 10.2. The van der Waals surface area contributed by atoms with Gasteiger partial charge in [-0.2, -0.15) is 0 Å². The molecular formula is C22H19FN4O3S. The number of hydrogen-bond donors (Lipinski definition) is 2. The molecule has 0 aliphatic heterocycles. The Kier molecular flexibility index (Phi) is 5.43. The predicted octanol–water partition coefficient (Wildman–Crippen LogP) is 4.25. The molecule has 0 fully saturated rings. The highest BCUT2D eigenvalue weighted by Gasteiger charge is 2.16. The molecule has 2 N–H and O–H groups in total. The van der Waals surface area contributed by atoms with Gasteiger partial charge in [-0.3, -0.25) is 14.8 Å². The minimum absolute atomic E-state index is 0.0609. The van der Waals surface area contributed by atoms with E-state index in [1.807, 2.05) is 35.8 Å². The monoisotopic (exact) mass is 438 g/mol. The Hall–Kier alpha value is -3.72. The molecule has 0 atom stereocenters. The van der Waals surface area contributed by atoms with Crippen LogP contribution in [0.25, 0.3) is 11.0 Å². The van der Waals surface area contributed by atoms with E-state index in [1.165, 1.54) is 36.4 Å². The van der Waals surface area contributed by atoms with Crippen molar-refractivity contribution in [1.82, 2.24) is 9.55 Å². The molecule has 0 spiro atoms. The zero-order valence-corrected chi connectivity index (χ0v) is 17.4. The molecule has 0 aliphatic carbocycles. The summed E-state index contributed by atoms with van der Waals surface area (Å²) in [6.45, 7) is 2.60. The highest BCUT2D eigenvalue weighted by molar-refractivity contribution is 7.92. The lowest BCUT2D eigenvalue weighted by molar-refractivity contribution is 0.102. The molecule has 7 nitrogen and oxygen atoms in total. The van der Waals surface area contributed by atoms with E-state index in [4.69, 9.17) is 0 Å². The molecule has 0 saturated carbocycles. The number of aryl methyl sites for hydroxylation is 1. The lowest BCUT2D eigenvalue weighted by Gasteiger charge is -2.10. The van der Waals surface area contributed by atoms with Crippen molar-refractivity contribution in [2.45, 2.75) is 18.4 Å². The molecule has 31 heavy (non-hydrogen) atoms. The van der Waals surface area contributed by atoms with E-state index >= 15 is 0 Å². The van der Waals surface area contributed by atoms with Crippen molar-refractivity contribution in [1.29, 1.82) is 0 Å². The van der Waals surface area contributed by atoms with Gasteiger partial charge in [0.05, 0.1) is 15.9 Å². The summed E-state index contributed by atoms with van der Waals surface area (Å²) in [5.74, 6) is -0.446. The van der Waals surface area contributed by atoms with Crippen LogP contribution < -0.4 is 10.0 Å². The Labute approximate surface area is 178 Å². The van der Waals surface area contributed by atoms with Gasteiger partial charge in [-0.1, -0.05) is 12.1 Å². The van der Waals surface area contributed by atoms with Crippen LogP contribution >= 0.6 is 0 Å². The third-order valence-corrected chi connectivity index (χ3v) is 6.12. The van der Waals surface area contributed by atoms with Gasteiger partial charge in [0.1, 0.15) is 5.82 Å². The van der Waals surface area contributed by atoms with Crippen LogP contribution in [-0.2, 0) is 16.6 Å². The van der Waals surface area contributed by atoms with Crippen molar-refractivity contribution in [3.05, 3.63) is 84.2 Å². The van der Waals surface area contributed by atoms with Crippen molar-refractivity contribution in [3.8, 4) is 0 Å². The number of para-hydroxylation sites is 2. The average molecular weight is 438 g/mol. The maximum absolute atomic E-state index is 13.0. The van der Waals surface area contributed by atoms with Crippen LogP contribution in [0.1, 0.15) is 17.3 Å². The maximum Gasteiger partial charge on any atom is 0.261 e. The number of imidazole rings is 1. The van der Waals surface area contributed by atoms with Gasteiger partial charge in [0.25, 0.3) is 15.9 Å². The number of sulfonamides is 1. The summed E-state index contributed by atoms with van der Waals surface area (Å²) in [6.07, 6.45) is 0. The van der Waals surface area contributed by atoms with Crippen LogP contribution in [0, 0.1) is 5.82 Å². The van der Waals surface area contributed by atoms with Gasteiger partial charge in [0.15, 0.2) is 0 Å². The van der Waals surface area contributed by atoms with Crippen LogP contribution in [0.5, 0.6) is 0 Å². The molecule has 158 valence electrons. The second kappa shape index (κ2) is 8.19. The normalized spacial score (nSPS) is 11.4. The summed E-state index contributed by atoms with van der Waals surface area (Å²) < 4.78 is 42.1. The maximum atomic E-state index is 13.0. The standard InChI is InChI=1S/C22H19FN4O3S/c1-2-27-20-6-4-3-5-19(20)24-22(27)25-21(28)15-7-11-17(12-8-15)26-31(29,30)18-13-9-16(23)10-14-18/h3-14,26H,2H2,1H3,(H,24,25,28). The van der Waals surface area contributed by atoms with E-state index in [1.54, 1.807) is 0 Å². The van der Waals surface area contributed by atoms with Gasteiger partial charge in [-0.25, -0.2) is 17.8 Å². The number of nitrogens with zero attached hydrogens (tertiary/aromatic N) is 2. The number of carbonyl (C=O) groups excluding carboxylic acids is 1. The molecule has 1 heterocycles. The van der Waals surface area contributed by atoms with Crippen molar-refractivity contribution in [2.24, 2.45) is 0 Å². The molecule has 4 rings (SSSR count). The van der Waals surface area contributed by atoms with Gasteiger partial charge < -0.3 is 4.57 Å². The fourth-order valence-electron chi connectivity index (χ4n) is 3.18. The highest BCUT2D eigenvalue weighted by atomic mass is 32.2. The molecule has 4 aromatic rings. The molecule has 9 heteroatoms. The fraction of sp³-hybridized carbons (Fsp3) is 0.0909. The van der Waals surface area contributed by atoms with Crippen molar-refractivity contribution >= 4 is 38.6 Å². The third kappa shape index (κ3) is 4.26. The first-order valence-electron chi connectivity index (χ1n) is 9.52. The van der Waals surface area contributed by atoms with Crippen LogP contribution in [0.15, 0.2) is 77.7 Å². The van der Waals surface area contributed by atoms with Gasteiger partial charge in [0.2, 0.25) is 5.95 Å². The van der Waals surface area contributed by atoms with Crippen LogP contribution in [0.3, 0.4) is 0 Å². The number of halogens is 1. The van der Waals surface area contributed by atoms with E-state index in [0.717, 1.165) is 23.2 Å². The number of anilines is 2. The smallest absolute Gasteiger partial charge is 0.261 e. The second-order valence-corrected chi connectivity index (χ2v) is 8.44. The number of nitrogens with one attached hydrogen (secondary N) is 2. The fourth-order valence-corrected chi connectivity index (χ4v) is 4.24. The average Bonchev–Trinajstić information content (AvgIpc) is 3.11. The molecule has 3 aromatic carbocycles. The Balaban J connectivity index is 1.50. The van der Waals surface area contributed by atoms with Gasteiger partial charge in [-0.05, 0) is 67.6 Å². The number of hydrogen-bond acceptors (Lipinski definition) is 4. The molecule has 0 aliphatic rings. The molecule has 0 unspecified atom stereocenters. The van der Waals surface area contributed by atoms with E-state index < -0.39 is 15.8 Å². The summed E-state index contributed by atoms with van der Waals surface area (Å²) in [5, 5.41) is 2.80. The van der Waals surface area contributed by atoms with E-state index in [9.17, 15) is 17.6 Å². The molecule has 0 bridgehead atoms. The Morgan fingerprint density at radius 2 is 1.68 bits per heavy atom. The number of carbonyl (C=O) groups is 1. The molecule has 1 aromatic heterocycles.